The van der Waals surface area contributed by atoms with Gasteiger partial charge in [-0.25, -0.2) is 0 Å². The molecular weight excluding hydrogens is 518 g/mol. The van der Waals surface area contributed by atoms with Crippen LogP contribution in [0.1, 0.15) is 40.6 Å². The van der Waals surface area contributed by atoms with Crippen molar-refractivity contribution in [3.05, 3.63) is 89.2 Å². The smallest absolute Gasteiger partial charge is 0.258 e. The molecule has 0 aliphatic carbocycles. The number of benzene rings is 3. The largest absolute Gasteiger partial charge is 0.497 e. The minimum absolute atomic E-state index is 0.0160. The van der Waals surface area contributed by atoms with Gasteiger partial charge in [0.15, 0.2) is 0 Å². The van der Waals surface area contributed by atoms with Gasteiger partial charge in [0.25, 0.3) is 5.91 Å². The molecule has 0 bridgehead atoms. The van der Waals surface area contributed by atoms with Crippen molar-refractivity contribution in [1.29, 1.82) is 0 Å². The number of nitrogens with zero attached hydrogens (tertiary/aromatic N) is 3. The van der Waals surface area contributed by atoms with Gasteiger partial charge in [-0.2, -0.15) is 0 Å². The van der Waals surface area contributed by atoms with Gasteiger partial charge in [0.05, 0.1) is 19.8 Å². The van der Waals surface area contributed by atoms with Gasteiger partial charge in [-0.1, -0.05) is 30.3 Å². The van der Waals surface area contributed by atoms with Crippen molar-refractivity contribution in [2.75, 3.05) is 45.3 Å². The molecule has 2 heterocycles. The van der Waals surface area contributed by atoms with E-state index in [2.05, 4.69) is 11.0 Å². The first-order valence-electron chi connectivity index (χ1n) is 14.0. The first-order valence-corrected chi connectivity index (χ1v) is 14.0. The monoisotopic (exact) mass is 555 g/mol. The quantitative estimate of drug-likeness (QED) is 0.316. The highest BCUT2D eigenvalue weighted by Crippen LogP contribution is 2.31. The Labute approximate surface area is 241 Å². The van der Waals surface area contributed by atoms with Crippen molar-refractivity contribution in [3.8, 4) is 11.5 Å². The van der Waals surface area contributed by atoms with E-state index in [1.165, 1.54) is 0 Å². The molecule has 1 aromatic heterocycles. The molecule has 1 aliphatic heterocycles. The Hall–Kier alpha value is -4.30. The lowest BCUT2D eigenvalue weighted by Crippen LogP contribution is -2.38. The molecule has 3 aromatic carbocycles. The Kier molecular flexibility index (Phi) is 8.59. The summed E-state index contributed by atoms with van der Waals surface area (Å²) in [4.78, 5) is 33.2. The minimum Gasteiger partial charge on any atom is -0.497 e. The summed E-state index contributed by atoms with van der Waals surface area (Å²) in [7, 11) is 3.28. The summed E-state index contributed by atoms with van der Waals surface area (Å²) in [6.07, 6.45) is 0.803. The number of rotatable bonds is 5. The van der Waals surface area contributed by atoms with Gasteiger partial charge in [-0.15, -0.1) is 0 Å². The molecule has 0 saturated carbocycles. The molecular formula is C33H37N3O5. The Bertz CT molecular complexity index is 1550. The fourth-order valence-electron chi connectivity index (χ4n) is 5.58. The summed E-state index contributed by atoms with van der Waals surface area (Å²) in [5, 5.41) is 0.730. The molecule has 0 fully saturated rings. The van der Waals surface area contributed by atoms with Crippen LogP contribution in [-0.2, 0) is 17.9 Å². The van der Waals surface area contributed by atoms with Crippen molar-refractivity contribution in [2.45, 2.75) is 33.4 Å². The summed E-state index contributed by atoms with van der Waals surface area (Å²) in [5.74, 6) is 1.92. The highest BCUT2D eigenvalue weighted by atomic mass is 16.5. The molecule has 4 aromatic rings. The van der Waals surface area contributed by atoms with E-state index in [1.807, 2.05) is 77.4 Å². The van der Waals surface area contributed by atoms with E-state index in [0.717, 1.165) is 40.9 Å². The van der Waals surface area contributed by atoms with Crippen LogP contribution in [0, 0.1) is 6.92 Å². The highest BCUT2D eigenvalue weighted by Gasteiger charge is 2.27. The summed E-state index contributed by atoms with van der Waals surface area (Å²) < 4.78 is 16.9. The predicted molar refractivity (Wildman–Crippen MR) is 160 cm³/mol. The molecule has 8 nitrogen and oxygen atoms in total. The summed E-state index contributed by atoms with van der Waals surface area (Å²) in [5.41, 5.74) is 4.09. The fourth-order valence-corrected chi connectivity index (χ4v) is 5.58. The van der Waals surface area contributed by atoms with Crippen LogP contribution < -0.4 is 14.4 Å². The fraction of sp³-hybridized carbons (Fsp3) is 0.333. The Morgan fingerprint density at radius 2 is 1.66 bits per heavy atom. The zero-order chi connectivity index (χ0) is 28.9. The van der Waals surface area contributed by atoms with Crippen molar-refractivity contribution in [2.24, 2.45) is 0 Å². The van der Waals surface area contributed by atoms with Crippen LogP contribution in [0.15, 0.2) is 71.1 Å². The predicted octanol–water partition coefficient (Wildman–Crippen LogP) is 5.66. The molecule has 0 N–H and O–H groups in total. The van der Waals surface area contributed by atoms with Crippen LogP contribution in [0.3, 0.4) is 0 Å². The van der Waals surface area contributed by atoms with Crippen molar-refractivity contribution >= 4 is 28.5 Å². The number of hydrogen-bond acceptors (Lipinski definition) is 6. The average molecular weight is 556 g/mol. The number of carbonyl (C=O) groups is 2. The van der Waals surface area contributed by atoms with Gasteiger partial charge < -0.3 is 23.7 Å². The van der Waals surface area contributed by atoms with Crippen molar-refractivity contribution in [1.82, 2.24) is 9.80 Å². The molecule has 41 heavy (non-hydrogen) atoms. The van der Waals surface area contributed by atoms with Gasteiger partial charge in [0, 0.05) is 57.3 Å². The first kappa shape index (κ1) is 28.2. The average Bonchev–Trinajstić information content (AvgIpc) is 3.29. The third-order valence-corrected chi connectivity index (χ3v) is 7.68. The van der Waals surface area contributed by atoms with E-state index in [4.69, 9.17) is 13.9 Å². The third kappa shape index (κ3) is 6.23. The maximum absolute atomic E-state index is 14.3. The van der Waals surface area contributed by atoms with Gasteiger partial charge in [0.2, 0.25) is 5.91 Å². The van der Waals surface area contributed by atoms with E-state index >= 15 is 0 Å². The molecule has 214 valence electrons. The maximum atomic E-state index is 14.3. The Morgan fingerprint density at radius 3 is 2.44 bits per heavy atom. The second-order valence-corrected chi connectivity index (χ2v) is 10.4. The number of para-hydroxylation sites is 1. The number of aryl methyl sites for hydroxylation is 1. The van der Waals surface area contributed by atoms with Gasteiger partial charge in [-0.3, -0.25) is 14.5 Å². The second-order valence-electron chi connectivity index (χ2n) is 10.4. The topological polar surface area (TPSA) is 75.5 Å². The molecule has 0 spiro atoms. The Balaban J connectivity index is 1.52. The maximum Gasteiger partial charge on any atom is 0.258 e. The van der Waals surface area contributed by atoms with Crippen LogP contribution in [0.2, 0.25) is 0 Å². The van der Waals surface area contributed by atoms with Gasteiger partial charge >= 0.3 is 0 Å². The third-order valence-electron chi connectivity index (χ3n) is 7.68. The summed E-state index contributed by atoms with van der Waals surface area (Å²) >= 11 is 0. The number of fused-ring (bicyclic) bond motifs is 2. The second kappa shape index (κ2) is 12.5. The number of hydrogen-bond donors (Lipinski definition) is 0. The summed E-state index contributed by atoms with van der Waals surface area (Å²) in [6.45, 7) is 7.04. The van der Waals surface area contributed by atoms with E-state index in [1.54, 1.807) is 21.1 Å². The van der Waals surface area contributed by atoms with Crippen molar-refractivity contribution in [3.63, 3.8) is 0 Å². The van der Waals surface area contributed by atoms with Crippen LogP contribution in [-0.4, -0.2) is 62.0 Å². The zero-order valence-corrected chi connectivity index (χ0v) is 24.2. The molecule has 8 heteroatoms. The zero-order valence-electron chi connectivity index (χ0n) is 24.2. The van der Waals surface area contributed by atoms with E-state index < -0.39 is 0 Å². The number of amides is 2. The SMILES string of the molecule is COc1cccc(CN2CCCN(C(C)=O)c3ccccc3CN(C(=O)c3c(C)oc4ccc(OC)cc34)CC2)c1. The lowest BCUT2D eigenvalue weighted by molar-refractivity contribution is -0.116. The Morgan fingerprint density at radius 1 is 0.878 bits per heavy atom. The van der Waals surface area contributed by atoms with Gasteiger partial charge in [-0.05, 0) is 60.9 Å². The van der Waals surface area contributed by atoms with Crippen LogP contribution in [0.25, 0.3) is 11.0 Å². The first-order chi connectivity index (χ1) is 19.9. The molecule has 0 radical (unpaired) electrons. The van der Waals surface area contributed by atoms with E-state index in [9.17, 15) is 9.59 Å². The lowest BCUT2D eigenvalue weighted by Gasteiger charge is -2.28. The van der Waals surface area contributed by atoms with Crippen LogP contribution >= 0.6 is 0 Å². The number of furan rings is 1. The number of ether oxygens (including phenoxy) is 2. The van der Waals surface area contributed by atoms with Crippen LogP contribution in [0.4, 0.5) is 5.69 Å². The van der Waals surface area contributed by atoms with E-state index in [-0.39, 0.29) is 11.8 Å². The minimum atomic E-state index is -0.112. The summed E-state index contributed by atoms with van der Waals surface area (Å²) in [6, 6.07) is 21.4. The van der Waals surface area contributed by atoms with Crippen molar-refractivity contribution < 1.29 is 23.5 Å². The van der Waals surface area contributed by atoms with Crippen LogP contribution in [0.5, 0.6) is 11.5 Å². The van der Waals surface area contributed by atoms with E-state index in [0.29, 0.717) is 55.4 Å². The molecule has 0 atom stereocenters. The number of carbonyl (C=O) groups excluding carboxylic acids is 2. The molecule has 0 saturated heterocycles. The normalized spacial score (nSPS) is 14.8. The number of anilines is 1. The molecule has 5 rings (SSSR count). The molecule has 1 aliphatic rings. The number of methoxy groups -OCH3 is 2. The lowest BCUT2D eigenvalue weighted by atomic mass is 10.1. The van der Waals surface area contributed by atoms with Gasteiger partial charge in [0.1, 0.15) is 22.8 Å². The highest BCUT2D eigenvalue weighted by molar-refractivity contribution is 6.07. The standard InChI is InChI=1S/C33H37N3O5/c1-23-32(29-20-28(40-4)13-14-31(29)41-23)33(38)35-18-17-34(21-25-9-7-11-27(19-25)39-3)15-8-16-36(24(2)37)30-12-6-5-10-26(30)22-35/h5-7,9-14,19-20H,8,15-18,21-22H2,1-4H3. The molecule has 2 amide bonds. The molecule has 0 unspecified atom stereocenters.